The highest BCUT2D eigenvalue weighted by Crippen LogP contribution is 2.22. The van der Waals surface area contributed by atoms with Crippen molar-refractivity contribution >= 4 is 11.7 Å². The van der Waals surface area contributed by atoms with Gasteiger partial charge in [0.25, 0.3) is 0 Å². The van der Waals surface area contributed by atoms with E-state index in [0.29, 0.717) is 0 Å². The number of hydrogen-bond acceptors (Lipinski definition) is 6. The lowest BCUT2D eigenvalue weighted by Crippen LogP contribution is -2.10. The van der Waals surface area contributed by atoms with Gasteiger partial charge < -0.3 is 20.3 Å². The second-order valence-electron chi connectivity index (χ2n) is 2.64. The number of pyridine rings is 1. The Kier molecular flexibility index (Phi) is 3.87. The number of hydrogen-bond donors (Lipinski definition) is 2. The first kappa shape index (κ1) is 11.3. The number of esters is 1. The van der Waals surface area contributed by atoms with Crippen molar-refractivity contribution in [3.8, 4) is 5.88 Å². The fraction of sp³-hybridized carbons (Fsp3) is 0.333. The van der Waals surface area contributed by atoms with Crippen LogP contribution in [-0.4, -0.2) is 36.4 Å². The van der Waals surface area contributed by atoms with Crippen LogP contribution in [0.25, 0.3) is 0 Å². The van der Waals surface area contributed by atoms with E-state index in [-0.39, 0.29) is 30.3 Å². The smallest absolute Gasteiger partial charge is 0.340 e. The number of methoxy groups -OCH3 is 1. The van der Waals surface area contributed by atoms with Crippen LogP contribution in [0.2, 0.25) is 0 Å². The van der Waals surface area contributed by atoms with Gasteiger partial charge in [-0.25, -0.2) is 9.78 Å². The van der Waals surface area contributed by atoms with Gasteiger partial charge in [-0.2, -0.15) is 0 Å². The minimum absolute atomic E-state index is 0.0713. The first-order valence-electron chi connectivity index (χ1n) is 4.27. The van der Waals surface area contributed by atoms with Crippen LogP contribution in [0.3, 0.4) is 0 Å². The zero-order valence-corrected chi connectivity index (χ0v) is 8.27. The molecule has 1 aromatic heterocycles. The van der Waals surface area contributed by atoms with Gasteiger partial charge in [-0.05, 0) is 6.07 Å². The molecule has 6 nitrogen and oxygen atoms in total. The summed E-state index contributed by atoms with van der Waals surface area (Å²) in [4.78, 5) is 15.1. The van der Waals surface area contributed by atoms with Crippen molar-refractivity contribution in [3.63, 3.8) is 0 Å². The van der Waals surface area contributed by atoms with E-state index in [4.69, 9.17) is 15.6 Å². The number of carbonyl (C=O) groups excluding carboxylic acids is 1. The summed E-state index contributed by atoms with van der Waals surface area (Å²) >= 11 is 0. The van der Waals surface area contributed by atoms with Gasteiger partial charge in [0.2, 0.25) is 5.88 Å². The van der Waals surface area contributed by atoms with Crippen LogP contribution in [0.1, 0.15) is 10.4 Å². The SMILES string of the molecule is COC(=O)c1ccnc(OCCO)c1N. The number of aliphatic hydroxyl groups is 1. The van der Waals surface area contributed by atoms with E-state index in [1.807, 2.05) is 0 Å². The van der Waals surface area contributed by atoms with E-state index in [0.717, 1.165) is 0 Å². The zero-order chi connectivity index (χ0) is 11.3. The third-order valence-corrected chi connectivity index (χ3v) is 1.69. The third kappa shape index (κ3) is 2.57. The van der Waals surface area contributed by atoms with Gasteiger partial charge in [-0.3, -0.25) is 0 Å². The van der Waals surface area contributed by atoms with Gasteiger partial charge in [0.15, 0.2) is 0 Å². The van der Waals surface area contributed by atoms with Crippen LogP contribution in [0, 0.1) is 0 Å². The normalized spacial score (nSPS) is 9.73. The molecule has 0 saturated carbocycles. The topological polar surface area (TPSA) is 94.7 Å². The molecule has 1 rings (SSSR count). The Morgan fingerprint density at radius 3 is 3.00 bits per heavy atom. The number of ether oxygens (including phenoxy) is 2. The summed E-state index contributed by atoms with van der Waals surface area (Å²) in [5.41, 5.74) is 5.93. The molecule has 0 saturated heterocycles. The van der Waals surface area contributed by atoms with Gasteiger partial charge in [0, 0.05) is 6.20 Å². The number of nitrogen functional groups attached to an aromatic ring is 1. The lowest BCUT2D eigenvalue weighted by Gasteiger charge is -2.08. The van der Waals surface area contributed by atoms with Crippen molar-refractivity contribution in [2.24, 2.45) is 0 Å². The monoisotopic (exact) mass is 212 g/mol. The molecule has 0 bridgehead atoms. The maximum Gasteiger partial charge on any atom is 0.340 e. The van der Waals surface area contributed by atoms with Crippen LogP contribution in [0.5, 0.6) is 5.88 Å². The molecule has 0 spiro atoms. The number of aliphatic hydroxyl groups excluding tert-OH is 1. The molecule has 0 amide bonds. The summed E-state index contributed by atoms with van der Waals surface area (Å²) in [5.74, 6) is -0.435. The molecule has 1 aromatic rings. The Morgan fingerprint density at radius 1 is 1.67 bits per heavy atom. The van der Waals surface area contributed by atoms with Gasteiger partial charge in [-0.1, -0.05) is 0 Å². The number of rotatable bonds is 4. The molecule has 82 valence electrons. The fourth-order valence-electron chi connectivity index (χ4n) is 0.999. The van der Waals surface area contributed by atoms with E-state index in [1.54, 1.807) is 0 Å². The predicted molar refractivity (Wildman–Crippen MR) is 52.6 cm³/mol. The molecule has 1 heterocycles. The van der Waals surface area contributed by atoms with E-state index in [9.17, 15) is 4.79 Å². The van der Waals surface area contributed by atoms with Crippen LogP contribution < -0.4 is 10.5 Å². The van der Waals surface area contributed by atoms with Crippen molar-refractivity contribution < 1.29 is 19.4 Å². The molecule has 0 unspecified atom stereocenters. The number of nitrogens with zero attached hydrogens (tertiary/aromatic N) is 1. The summed E-state index contributed by atoms with van der Waals surface area (Å²) in [5, 5.41) is 8.56. The van der Waals surface area contributed by atoms with Crippen molar-refractivity contribution in [2.75, 3.05) is 26.1 Å². The molecule has 3 N–H and O–H groups in total. The fourth-order valence-corrected chi connectivity index (χ4v) is 0.999. The molecule has 0 aromatic carbocycles. The Morgan fingerprint density at radius 2 is 2.40 bits per heavy atom. The van der Waals surface area contributed by atoms with Crippen molar-refractivity contribution in [1.82, 2.24) is 4.98 Å². The van der Waals surface area contributed by atoms with Crippen molar-refractivity contribution in [3.05, 3.63) is 17.8 Å². The second kappa shape index (κ2) is 5.16. The highest BCUT2D eigenvalue weighted by molar-refractivity contribution is 5.95. The molecule has 15 heavy (non-hydrogen) atoms. The number of nitrogens with two attached hydrogens (primary N) is 1. The number of carbonyl (C=O) groups is 1. The summed E-state index contributed by atoms with van der Waals surface area (Å²) in [6.07, 6.45) is 1.38. The van der Waals surface area contributed by atoms with Crippen LogP contribution in [0.4, 0.5) is 5.69 Å². The Balaban J connectivity index is 2.95. The highest BCUT2D eigenvalue weighted by Gasteiger charge is 2.14. The average Bonchev–Trinajstić information content (AvgIpc) is 2.27. The molecule has 0 fully saturated rings. The summed E-state index contributed by atoms with van der Waals surface area (Å²) in [7, 11) is 1.26. The van der Waals surface area contributed by atoms with Crippen LogP contribution in [0.15, 0.2) is 12.3 Å². The molecule has 0 radical (unpaired) electrons. The number of aromatic nitrogens is 1. The van der Waals surface area contributed by atoms with Gasteiger partial charge in [0.1, 0.15) is 12.3 Å². The van der Waals surface area contributed by atoms with Crippen LogP contribution >= 0.6 is 0 Å². The molecule has 6 heteroatoms. The van der Waals surface area contributed by atoms with E-state index in [1.165, 1.54) is 19.4 Å². The molecule has 0 aliphatic heterocycles. The number of anilines is 1. The minimum atomic E-state index is -0.552. The van der Waals surface area contributed by atoms with Gasteiger partial charge >= 0.3 is 5.97 Å². The lowest BCUT2D eigenvalue weighted by atomic mass is 10.2. The molecule has 0 atom stereocenters. The average molecular weight is 212 g/mol. The summed E-state index contributed by atoms with van der Waals surface area (Å²) in [6, 6.07) is 1.44. The lowest BCUT2D eigenvalue weighted by molar-refractivity contribution is 0.0601. The Bertz CT molecular complexity index is 354. The standard InChI is InChI=1S/C9H12N2O4/c1-14-9(13)6-2-3-11-8(7(6)10)15-5-4-12/h2-3,12H,4-5,10H2,1H3. The second-order valence-corrected chi connectivity index (χ2v) is 2.64. The van der Waals surface area contributed by atoms with Gasteiger partial charge in [0.05, 0.1) is 19.3 Å². The quantitative estimate of drug-likeness (QED) is 0.672. The molecule has 0 aliphatic carbocycles. The first-order valence-corrected chi connectivity index (χ1v) is 4.27. The largest absolute Gasteiger partial charge is 0.474 e. The van der Waals surface area contributed by atoms with E-state index >= 15 is 0 Å². The summed E-state index contributed by atoms with van der Waals surface area (Å²) in [6.45, 7) is -0.0780. The molecular formula is C9H12N2O4. The molecule has 0 aliphatic rings. The predicted octanol–water partition coefficient (Wildman–Crippen LogP) is -0.179. The van der Waals surface area contributed by atoms with Crippen molar-refractivity contribution in [1.29, 1.82) is 0 Å². The highest BCUT2D eigenvalue weighted by atomic mass is 16.5. The maximum absolute atomic E-state index is 11.2. The molecular weight excluding hydrogens is 200 g/mol. The minimum Gasteiger partial charge on any atom is -0.474 e. The van der Waals surface area contributed by atoms with Gasteiger partial charge in [-0.15, -0.1) is 0 Å². The Hall–Kier alpha value is -1.82. The first-order chi connectivity index (χ1) is 7.20. The maximum atomic E-state index is 11.2. The zero-order valence-electron chi connectivity index (χ0n) is 8.27. The Labute approximate surface area is 86.6 Å². The van der Waals surface area contributed by atoms with E-state index in [2.05, 4.69) is 9.72 Å². The summed E-state index contributed by atoms with van der Waals surface area (Å²) < 4.78 is 9.55. The van der Waals surface area contributed by atoms with E-state index < -0.39 is 5.97 Å². The van der Waals surface area contributed by atoms with Crippen molar-refractivity contribution in [2.45, 2.75) is 0 Å². The van der Waals surface area contributed by atoms with Crippen LogP contribution in [-0.2, 0) is 4.74 Å². The third-order valence-electron chi connectivity index (χ3n) is 1.69.